The Morgan fingerprint density at radius 3 is 2.63 bits per heavy atom. The van der Waals surface area contributed by atoms with Gasteiger partial charge in [-0.05, 0) is 42.7 Å². The Morgan fingerprint density at radius 2 is 1.90 bits per heavy atom. The van der Waals surface area contributed by atoms with Crippen molar-refractivity contribution in [2.24, 2.45) is 0 Å². The van der Waals surface area contributed by atoms with Gasteiger partial charge in [0, 0.05) is 34.1 Å². The van der Waals surface area contributed by atoms with Gasteiger partial charge in [0.25, 0.3) is 0 Å². The van der Waals surface area contributed by atoms with E-state index in [2.05, 4.69) is 17.1 Å². The van der Waals surface area contributed by atoms with Gasteiger partial charge in [-0.2, -0.15) is 0 Å². The molecule has 0 bridgehead atoms. The number of aryl methyl sites for hydroxylation is 2. The second-order valence-corrected chi connectivity index (χ2v) is 7.77. The van der Waals surface area contributed by atoms with E-state index in [0.717, 1.165) is 35.1 Å². The number of hydrogen-bond acceptors (Lipinski definition) is 4. The molecule has 0 fully saturated rings. The molecule has 4 rings (SSSR count). The van der Waals surface area contributed by atoms with E-state index in [0.29, 0.717) is 27.6 Å². The summed E-state index contributed by atoms with van der Waals surface area (Å²) >= 11 is 6.26. The number of aromatic nitrogens is 2. The molecular formula is C25H23ClN2O2. The lowest BCUT2D eigenvalue weighted by Crippen LogP contribution is -2.04. The number of rotatable bonds is 6. The third kappa shape index (κ3) is 3.89. The summed E-state index contributed by atoms with van der Waals surface area (Å²) in [5.74, 6) is 0.567. The summed E-state index contributed by atoms with van der Waals surface area (Å²) in [6.45, 7) is 4.14. The minimum absolute atomic E-state index is 0.567. The van der Waals surface area contributed by atoms with E-state index in [1.807, 2.05) is 61.5 Å². The third-order valence-corrected chi connectivity index (χ3v) is 5.47. The minimum Gasteiger partial charge on any atom is -0.383 e. The van der Waals surface area contributed by atoms with Crippen molar-refractivity contribution in [2.75, 3.05) is 0 Å². The molecule has 4 aromatic rings. The van der Waals surface area contributed by atoms with Crippen molar-refractivity contribution in [3.8, 4) is 22.6 Å². The van der Waals surface area contributed by atoms with Gasteiger partial charge in [0.15, 0.2) is 5.76 Å². The van der Waals surface area contributed by atoms with E-state index in [9.17, 15) is 5.11 Å². The Bertz CT molecular complexity index is 1160. The van der Waals surface area contributed by atoms with E-state index < -0.39 is 6.10 Å². The Balaban J connectivity index is 1.96. The number of pyridine rings is 1. The monoisotopic (exact) mass is 418 g/mol. The smallest absolute Gasteiger partial charge is 0.173 e. The lowest BCUT2D eigenvalue weighted by molar-refractivity contribution is 0.220. The van der Waals surface area contributed by atoms with Crippen LogP contribution in [0.25, 0.3) is 22.6 Å². The molecule has 0 radical (unpaired) electrons. The largest absolute Gasteiger partial charge is 0.383 e. The molecule has 0 aliphatic rings. The molecule has 1 unspecified atom stereocenters. The van der Waals surface area contributed by atoms with E-state index in [-0.39, 0.29) is 0 Å². The zero-order chi connectivity index (χ0) is 21.1. The number of benzene rings is 2. The molecule has 1 N–H and O–H groups in total. The highest BCUT2D eigenvalue weighted by atomic mass is 35.5. The van der Waals surface area contributed by atoms with Crippen LogP contribution in [0.4, 0.5) is 0 Å². The minimum atomic E-state index is -0.931. The maximum absolute atomic E-state index is 11.4. The van der Waals surface area contributed by atoms with E-state index in [4.69, 9.17) is 16.1 Å². The van der Waals surface area contributed by atoms with Crippen molar-refractivity contribution < 1.29 is 9.63 Å². The summed E-state index contributed by atoms with van der Waals surface area (Å²) in [6, 6.07) is 17.3. The summed E-state index contributed by atoms with van der Waals surface area (Å²) in [4.78, 5) is 4.17. The second-order valence-electron chi connectivity index (χ2n) is 7.33. The van der Waals surface area contributed by atoms with Crippen LogP contribution in [0.1, 0.15) is 41.7 Å². The van der Waals surface area contributed by atoms with Gasteiger partial charge in [-0.25, -0.2) is 0 Å². The van der Waals surface area contributed by atoms with Crippen molar-refractivity contribution >= 4 is 11.6 Å². The molecule has 152 valence electrons. The van der Waals surface area contributed by atoms with Crippen LogP contribution in [0.2, 0.25) is 5.02 Å². The standard InChI is InChI=1S/C25H23ClN2O2/c1-3-7-17-14-19(26)11-12-21(17)23-22(24(29)18-9-6-13-27-15-18)25(30-28-23)20-10-5-4-8-16(20)2/h4-6,8-15,24,29H,3,7H2,1-2H3. The Morgan fingerprint density at radius 1 is 1.07 bits per heavy atom. The Kier molecular flexibility index (Phi) is 5.98. The fraction of sp³-hybridized carbons (Fsp3) is 0.200. The van der Waals surface area contributed by atoms with Gasteiger partial charge in [0.05, 0.1) is 5.56 Å². The van der Waals surface area contributed by atoms with E-state index in [1.165, 1.54) is 0 Å². The fourth-order valence-electron chi connectivity index (χ4n) is 3.74. The third-order valence-electron chi connectivity index (χ3n) is 5.23. The van der Waals surface area contributed by atoms with Crippen LogP contribution in [0, 0.1) is 6.92 Å². The van der Waals surface area contributed by atoms with Gasteiger partial charge >= 0.3 is 0 Å². The number of aliphatic hydroxyl groups excluding tert-OH is 1. The maximum atomic E-state index is 11.4. The molecule has 30 heavy (non-hydrogen) atoms. The van der Waals surface area contributed by atoms with Crippen molar-refractivity contribution in [3.63, 3.8) is 0 Å². The zero-order valence-electron chi connectivity index (χ0n) is 17.0. The first-order chi connectivity index (χ1) is 14.6. The normalized spacial score (nSPS) is 12.1. The Hall–Kier alpha value is -2.95. The molecule has 0 saturated carbocycles. The summed E-state index contributed by atoms with van der Waals surface area (Å²) in [5, 5.41) is 16.5. The van der Waals surface area contributed by atoms with Crippen molar-refractivity contribution in [2.45, 2.75) is 32.8 Å². The lowest BCUT2D eigenvalue weighted by atomic mass is 9.91. The first kappa shape index (κ1) is 20.3. The van der Waals surface area contributed by atoms with Gasteiger partial charge in [-0.3, -0.25) is 4.98 Å². The van der Waals surface area contributed by atoms with Crippen LogP contribution in [-0.2, 0) is 6.42 Å². The first-order valence-corrected chi connectivity index (χ1v) is 10.4. The predicted molar refractivity (Wildman–Crippen MR) is 119 cm³/mol. The van der Waals surface area contributed by atoms with Crippen molar-refractivity contribution in [1.29, 1.82) is 0 Å². The van der Waals surface area contributed by atoms with Crippen molar-refractivity contribution in [3.05, 3.63) is 94.3 Å². The van der Waals surface area contributed by atoms with Gasteiger partial charge in [0.1, 0.15) is 11.8 Å². The van der Waals surface area contributed by atoms with E-state index in [1.54, 1.807) is 12.4 Å². The molecule has 2 aromatic carbocycles. The van der Waals surface area contributed by atoms with Gasteiger partial charge in [0.2, 0.25) is 0 Å². The van der Waals surface area contributed by atoms with Gasteiger partial charge in [-0.15, -0.1) is 0 Å². The highest BCUT2D eigenvalue weighted by Crippen LogP contribution is 2.41. The summed E-state index contributed by atoms with van der Waals surface area (Å²) in [7, 11) is 0. The highest BCUT2D eigenvalue weighted by molar-refractivity contribution is 6.30. The number of halogens is 1. The van der Waals surface area contributed by atoms with Crippen LogP contribution in [0.5, 0.6) is 0 Å². The second kappa shape index (κ2) is 8.82. The lowest BCUT2D eigenvalue weighted by Gasteiger charge is -2.15. The molecule has 0 amide bonds. The summed E-state index contributed by atoms with van der Waals surface area (Å²) in [5.41, 5.74) is 5.89. The average molecular weight is 419 g/mol. The van der Waals surface area contributed by atoms with Gasteiger partial charge < -0.3 is 9.63 Å². The van der Waals surface area contributed by atoms with Crippen LogP contribution in [0.3, 0.4) is 0 Å². The zero-order valence-corrected chi connectivity index (χ0v) is 17.7. The molecular weight excluding hydrogens is 396 g/mol. The first-order valence-electron chi connectivity index (χ1n) is 10.0. The van der Waals surface area contributed by atoms with E-state index >= 15 is 0 Å². The number of nitrogens with zero attached hydrogens (tertiary/aromatic N) is 2. The molecule has 5 heteroatoms. The predicted octanol–water partition coefficient (Wildman–Crippen LogP) is 6.40. The topological polar surface area (TPSA) is 59.2 Å². The van der Waals surface area contributed by atoms with Crippen LogP contribution >= 0.6 is 11.6 Å². The molecule has 0 aliphatic carbocycles. The molecule has 1 atom stereocenters. The maximum Gasteiger partial charge on any atom is 0.173 e. The molecule has 0 spiro atoms. The molecule has 2 heterocycles. The summed E-state index contributed by atoms with van der Waals surface area (Å²) in [6.07, 6.45) is 4.24. The van der Waals surface area contributed by atoms with Gasteiger partial charge in [-0.1, -0.05) is 66.5 Å². The van der Waals surface area contributed by atoms with Crippen LogP contribution in [-0.4, -0.2) is 15.2 Å². The highest BCUT2D eigenvalue weighted by Gasteiger charge is 2.28. The summed E-state index contributed by atoms with van der Waals surface area (Å²) < 4.78 is 5.86. The molecule has 4 nitrogen and oxygen atoms in total. The number of aliphatic hydroxyl groups is 1. The SMILES string of the molecule is CCCc1cc(Cl)ccc1-c1noc(-c2ccccc2C)c1C(O)c1cccnc1. The van der Waals surface area contributed by atoms with Crippen LogP contribution in [0.15, 0.2) is 71.5 Å². The van der Waals surface area contributed by atoms with Crippen molar-refractivity contribution in [1.82, 2.24) is 10.1 Å². The Labute approximate surface area is 181 Å². The molecule has 2 aromatic heterocycles. The molecule has 0 aliphatic heterocycles. The quantitative estimate of drug-likeness (QED) is 0.393. The van der Waals surface area contributed by atoms with Crippen LogP contribution < -0.4 is 0 Å². The fourth-order valence-corrected chi connectivity index (χ4v) is 3.94. The molecule has 0 saturated heterocycles. The number of hydrogen-bond donors (Lipinski definition) is 1. The average Bonchev–Trinajstić information content (AvgIpc) is 3.19.